The van der Waals surface area contributed by atoms with Gasteiger partial charge >= 0.3 is 5.97 Å². The van der Waals surface area contributed by atoms with Crippen LogP contribution in [0.25, 0.3) is 10.9 Å². The largest absolute Gasteiger partial charge is 0.398 e. The number of rotatable bonds is 2. The molecule has 0 atom stereocenters. The number of ketones is 1. The molecule has 2 rings (SSSR count). The van der Waals surface area contributed by atoms with Crippen molar-refractivity contribution in [1.82, 2.24) is 4.73 Å². The monoisotopic (exact) mass is 203 g/mol. The number of Topliss-reactive ketones (excluding diaryl/α,β-unsaturated/α-hetero) is 1. The molecule has 0 spiro atoms. The molecule has 0 aliphatic heterocycles. The fraction of sp³-hybridized carbons (Fsp3) is 0.0909. The maximum Gasteiger partial charge on any atom is 0.398 e. The number of carbonyl (C=O) groups is 2. The van der Waals surface area contributed by atoms with E-state index in [1.165, 1.54) is 11.7 Å². The lowest BCUT2D eigenvalue weighted by Gasteiger charge is -2.03. The quantitative estimate of drug-likeness (QED) is 0.689. The van der Waals surface area contributed by atoms with Crippen molar-refractivity contribution in [2.45, 2.75) is 6.92 Å². The normalized spacial score (nSPS) is 10.2. The van der Waals surface area contributed by atoms with Gasteiger partial charge in [-0.25, -0.2) is 4.79 Å². The molecule has 1 aromatic carbocycles. The summed E-state index contributed by atoms with van der Waals surface area (Å²) in [6, 6.07) is 9.23. The standard InChI is InChI=1S/C11H9NO3/c1-8(13)11(14)15-12-7-6-9-4-2-3-5-10(9)12/h2-7H,1H3. The number of hydrogen-bond acceptors (Lipinski definition) is 3. The Labute approximate surface area is 86.0 Å². The van der Waals surface area contributed by atoms with Crippen molar-refractivity contribution >= 4 is 22.7 Å². The summed E-state index contributed by atoms with van der Waals surface area (Å²) in [5.74, 6) is -1.48. The van der Waals surface area contributed by atoms with E-state index in [0.29, 0.717) is 0 Å². The van der Waals surface area contributed by atoms with E-state index in [0.717, 1.165) is 10.9 Å². The van der Waals surface area contributed by atoms with Crippen molar-refractivity contribution in [3.8, 4) is 0 Å². The minimum atomic E-state index is -0.864. The summed E-state index contributed by atoms with van der Waals surface area (Å²) < 4.78 is 1.29. The molecule has 1 aromatic heterocycles. The summed E-state index contributed by atoms with van der Waals surface area (Å²) in [6.07, 6.45) is 1.60. The molecule has 1 heterocycles. The fourth-order valence-corrected chi connectivity index (χ4v) is 1.29. The Kier molecular flexibility index (Phi) is 2.25. The second kappa shape index (κ2) is 3.57. The number of carbonyl (C=O) groups excluding carboxylic acids is 2. The van der Waals surface area contributed by atoms with Crippen LogP contribution in [0.3, 0.4) is 0 Å². The highest BCUT2D eigenvalue weighted by Crippen LogP contribution is 2.13. The highest BCUT2D eigenvalue weighted by Gasteiger charge is 2.11. The van der Waals surface area contributed by atoms with Gasteiger partial charge in [-0.3, -0.25) is 4.79 Å². The first-order chi connectivity index (χ1) is 7.18. The first-order valence-corrected chi connectivity index (χ1v) is 4.48. The molecule has 0 bridgehead atoms. The third-order valence-electron chi connectivity index (χ3n) is 2.03. The number of benzene rings is 1. The van der Waals surface area contributed by atoms with Gasteiger partial charge in [0.2, 0.25) is 5.78 Å². The Hall–Kier alpha value is -2.10. The van der Waals surface area contributed by atoms with E-state index in [1.54, 1.807) is 6.20 Å². The molecule has 76 valence electrons. The topological polar surface area (TPSA) is 48.3 Å². The van der Waals surface area contributed by atoms with Crippen LogP contribution in [0.4, 0.5) is 0 Å². The Bertz CT molecular complexity index is 527. The second-order valence-electron chi connectivity index (χ2n) is 3.14. The van der Waals surface area contributed by atoms with Gasteiger partial charge in [-0.2, -0.15) is 4.73 Å². The molecule has 4 nitrogen and oxygen atoms in total. The lowest BCUT2D eigenvalue weighted by atomic mass is 10.3. The van der Waals surface area contributed by atoms with E-state index in [9.17, 15) is 9.59 Å². The molecule has 0 saturated carbocycles. The van der Waals surface area contributed by atoms with Crippen molar-refractivity contribution in [2.24, 2.45) is 0 Å². The Morgan fingerprint density at radius 1 is 1.20 bits per heavy atom. The number of fused-ring (bicyclic) bond motifs is 1. The van der Waals surface area contributed by atoms with Crippen molar-refractivity contribution in [2.75, 3.05) is 0 Å². The number of nitrogens with zero attached hydrogens (tertiary/aromatic N) is 1. The number of aromatic nitrogens is 1. The second-order valence-corrected chi connectivity index (χ2v) is 3.14. The molecule has 15 heavy (non-hydrogen) atoms. The van der Waals surface area contributed by atoms with E-state index in [2.05, 4.69) is 0 Å². The van der Waals surface area contributed by atoms with Crippen LogP contribution in [-0.4, -0.2) is 16.5 Å². The van der Waals surface area contributed by atoms with Gasteiger partial charge in [0.25, 0.3) is 0 Å². The molecule has 4 heteroatoms. The summed E-state index contributed by atoms with van der Waals surface area (Å²) in [5, 5.41) is 0.953. The van der Waals surface area contributed by atoms with E-state index >= 15 is 0 Å². The lowest BCUT2D eigenvalue weighted by molar-refractivity contribution is -0.152. The van der Waals surface area contributed by atoms with E-state index < -0.39 is 11.8 Å². The van der Waals surface area contributed by atoms with Crippen LogP contribution < -0.4 is 4.84 Å². The van der Waals surface area contributed by atoms with Crippen LogP contribution in [0.1, 0.15) is 6.92 Å². The van der Waals surface area contributed by atoms with Crippen LogP contribution in [0.2, 0.25) is 0 Å². The highest BCUT2D eigenvalue weighted by atomic mass is 16.7. The lowest BCUT2D eigenvalue weighted by Crippen LogP contribution is -2.24. The average Bonchev–Trinajstić information content (AvgIpc) is 2.62. The van der Waals surface area contributed by atoms with E-state index in [4.69, 9.17) is 4.84 Å². The highest BCUT2D eigenvalue weighted by molar-refractivity contribution is 6.32. The summed E-state index contributed by atoms with van der Waals surface area (Å²) in [5.41, 5.74) is 0.757. The summed E-state index contributed by atoms with van der Waals surface area (Å²) in [6.45, 7) is 1.17. The first kappa shape index (κ1) is 9.45. The van der Waals surface area contributed by atoms with Crippen molar-refractivity contribution in [1.29, 1.82) is 0 Å². The third-order valence-corrected chi connectivity index (χ3v) is 2.03. The molecule has 0 radical (unpaired) electrons. The maximum absolute atomic E-state index is 11.1. The van der Waals surface area contributed by atoms with Crippen molar-refractivity contribution < 1.29 is 14.4 Å². The zero-order chi connectivity index (χ0) is 10.8. The van der Waals surface area contributed by atoms with Gasteiger partial charge in [0.15, 0.2) is 0 Å². The summed E-state index contributed by atoms with van der Waals surface area (Å²) in [7, 11) is 0. The average molecular weight is 203 g/mol. The zero-order valence-electron chi connectivity index (χ0n) is 8.14. The molecule has 0 aliphatic carbocycles. The first-order valence-electron chi connectivity index (χ1n) is 4.48. The molecule has 0 aliphatic rings. The third kappa shape index (κ3) is 1.74. The van der Waals surface area contributed by atoms with Gasteiger partial charge in [0, 0.05) is 18.5 Å². The fourth-order valence-electron chi connectivity index (χ4n) is 1.29. The minimum Gasteiger partial charge on any atom is -0.328 e. The molecular weight excluding hydrogens is 194 g/mol. The smallest absolute Gasteiger partial charge is 0.328 e. The maximum atomic E-state index is 11.1. The van der Waals surface area contributed by atoms with Gasteiger partial charge in [0.05, 0.1) is 5.52 Å². The minimum absolute atomic E-state index is 0.618. The predicted molar refractivity (Wildman–Crippen MR) is 54.2 cm³/mol. The zero-order valence-corrected chi connectivity index (χ0v) is 8.14. The van der Waals surface area contributed by atoms with Crippen LogP contribution in [-0.2, 0) is 9.59 Å². The Morgan fingerprint density at radius 2 is 1.93 bits per heavy atom. The van der Waals surface area contributed by atoms with Gasteiger partial charge in [-0.1, -0.05) is 18.2 Å². The Morgan fingerprint density at radius 3 is 2.67 bits per heavy atom. The summed E-state index contributed by atoms with van der Waals surface area (Å²) >= 11 is 0. The van der Waals surface area contributed by atoms with Gasteiger partial charge in [0.1, 0.15) is 0 Å². The van der Waals surface area contributed by atoms with Crippen LogP contribution >= 0.6 is 0 Å². The molecule has 0 saturated heterocycles. The predicted octanol–water partition coefficient (Wildman–Crippen LogP) is 1.19. The van der Waals surface area contributed by atoms with Gasteiger partial charge < -0.3 is 4.84 Å². The molecule has 0 amide bonds. The van der Waals surface area contributed by atoms with Crippen molar-refractivity contribution in [3.63, 3.8) is 0 Å². The Balaban J connectivity index is 2.37. The van der Waals surface area contributed by atoms with Crippen LogP contribution in [0.5, 0.6) is 0 Å². The van der Waals surface area contributed by atoms with Gasteiger partial charge in [-0.05, 0) is 12.1 Å². The van der Waals surface area contributed by atoms with Crippen LogP contribution in [0, 0.1) is 0 Å². The van der Waals surface area contributed by atoms with E-state index in [-0.39, 0.29) is 0 Å². The molecular formula is C11H9NO3. The SMILES string of the molecule is CC(=O)C(=O)On1ccc2ccccc21. The number of para-hydroxylation sites is 1. The van der Waals surface area contributed by atoms with Crippen molar-refractivity contribution in [3.05, 3.63) is 36.5 Å². The molecule has 2 aromatic rings. The van der Waals surface area contributed by atoms with E-state index in [1.807, 2.05) is 30.3 Å². The van der Waals surface area contributed by atoms with Crippen LogP contribution in [0.15, 0.2) is 36.5 Å². The molecule has 0 fully saturated rings. The number of hydrogen-bond donors (Lipinski definition) is 0. The van der Waals surface area contributed by atoms with Gasteiger partial charge in [-0.15, -0.1) is 0 Å². The molecule has 0 unspecified atom stereocenters. The molecule has 0 N–H and O–H groups in total. The summed E-state index contributed by atoms with van der Waals surface area (Å²) in [4.78, 5) is 26.6.